The number of nitrogens with zero attached hydrogens (tertiary/aromatic N) is 3. The number of thioether (sulfide) groups is 1. The third-order valence-electron chi connectivity index (χ3n) is 4.48. The zero-order valence-electron chi connectivity index (χ0n) is 15.4. The molecule has 4 rings (SSSR count). The third-order valence-corrected chi connectivity index (χ3v) is 5.94. The van der Waals surface area contributed by atoms with Crippen LogP contribution in [0, 0.1) is 0 Å². The summed E-state index contributed by atoms with van der Waals surface area (Å²) in [6.45, 7) is 6.95. The number of hydrogen-bond donors (Lipinski definition) is 0. The molecule has 2 unspecified atom stereocenters. The lowest BCUT2D eigenvalue weighted by Crippen LogP contribution is -2.25. The molecule has 0 saturated carbocycles. The monoisotopic (exact) mass is 413 g/mol. The fraction of sp³-hybridized carbons (Fsp3) is 0.238. The topological polar surface area (TPSA) is 49.2 Å². The first kappa shape index (κ1) is 18.9. The molecule has 5 nitrogen and oxygen atoms in total. The SMILES string of the molecule is C=CCn1c(SC(C)c2ccccc2Cl)nnc1C1COc2ccccc2O1. The van der Waals surface area contributed by atoms with Crippen LogP contribution in [0.3, 0.4) is 0 Å². The molecule has 3 aromatic rings. The lowest BCUT2D eigenvalue weighted by Gasteiger charge is -2.26. The number of ether oxygens (including phenoxy) is 2. The number of fused-ring (bicyclic) bond motifs is 1. The summed E-state index contributed by atoms with van der Waals surface area (Å²) < 4.78 is 14.0. The van der Waals surface area contributed by atoms with Gasteiger partial charge in [-0.25, -0.2) is 0 Å². The minimum absolute atomic E-state index is 0.124. The molecular weight excluding hydrogens is 394 g/mol. The Morgan fingerprint density at radius 3 is 2.75 bits per heavy atom. The highest BCUT2D eigenvalue weighted by Gasteiger charge is 2.29. The van der Waals surface area contributed by atoms with E-state index in [-0.39, 0.29) is 11.4 Å². The van der Waals surface area contributed by atoms with Crippen LogP contribution in [0.5, 0.6) is 11.5 Å². The molecule has 2 atom stereocenters. The van der Waals surface area contributed by atoms with Crippen molar-refractivity contribution in [3.05, 3.63) is 77.6 Å². The van der Waals surface area contributed by atoms with Gasteiger partial charge in [-0.3, -0.25) is 4.57 Å². The van der Waals surface area contributed by atoms with E-state index in [0.29, 0.717) is 18.9 Å². The number of aromatic nitrogens is 3. The van der Waals surface area contributed by atoms with E-state index in [1.807, 2.05) is 59.2 Å². The third kappa shape index (κ3) is 3.75. The molecule has 0 fully saturated rings. The second kappa shape index (κ2) is 8.29. The van der Waals surface area contributed by atoms with Crippen LogP contribution in [-0.4, -0.2) is 21.4 Å². The molecule has 0 saturated heterocycles. The smallest absolute Gasteiger partial charge is 0.192 e. The first-order valence-electron chi connectivity index (χ1n) is 9.01. The largest absolute Gasteiger partial charge is 0.485 e. The van der Waals surface area contributed by atoms with Crippen LogP contribution < -0.4 is 9.47 Å². The molecular formula is C21H20ClN3O2S. The predicted molar refractivity (Wildman–Crippen MR) is 111 cm³/mol. The molecule has 28 heavy (non-hydrogen) atoms. The van der Waals surface area contributed by atoms with Crippen molar-refractivity contribution in [2.24, 2.45) is 0 Å². The maximum absolute atomic E-state index is 6.35. The molecule has 0 bridgehead atoms. The van der Waals surface area contributed by atoms with E-state index in [2.05, 4.69) is 23.7 Å². The van der Waals surface area contributed by atoms with E-state index in [1.54, 1.807) is 11.8 Å². The van der Waals surface area contributed by atoms with Gasteiger partial charge in [0, 0.05) is 16.8 Å². The Kier molecular flexibility index (Phi) is 5.59. The van der Waals surface area contributed by atoms with Crippen LogP contribution in [-0.2, 0) is 6.54 Å². The van der Waals surface area contributed by atoms with E-state index in [1.165, 1.54) is 0 Å². The van der Waals surface area contributed by atoms with Gasteiger partial charge in [0.15, 0.2) is 28.6 Å². The molecule has 2 heterocycles. The van der Waals surface area contributed by atoms with Gasteiger partial charge in [-0.15, -0.1) is 16.8 Å². The zero-order valence-corrected chi connectivity index (χ0v) is 17.0. The van der Waals surface area contributed by atoms with Crippen LogP contribution in [0.15, 0.2) is 66.3 Å². The van der Waals surface area contributed by atoms with Gasteiger partial charge in [0.05, 0.1) is 0 Å². The summed E-state index contributed by atoms with van der Waals surface area (Å²) in [4.78, 5) is 0. The standard InChI is InChI=1S/C21H20ClN3O2S/c1-3-12-25-20(19-13-26-17-10-6-7-11-18(17)27-19)23-24-21(25)28-14(2)15-8-4-5-9-16(15)22/h3-11,14,19H,1,12-13H2,2H3. The van der Waals surface area contributed by atoms with Gasteiger partial charge in [0.1, 0.15) is 6.61 Å². The van der Waals surface area contributed by atoms with Gasteiger partial charge in [-0.05, 0) is 30.7 Å². The van der Waals surface area contributed by atoms with Crippen molar-refractivity contribution in [3.63, 3.8) is 0 Å². The fourth-order valence-electron chi connectivity index (χ4n) is 3.10. The van der Waals surface area contributed by atoms with Gasteiger partial charge in [0.2, 0.25) is 0 Å². The van der Waals surface area contributed by atoms with Gasteiger partial charge < -0.3 is 9.47 Å². The normalized spacial score (nSPS) is 16.6. The molecule has 0 aliphatic carbocycles. The molecule has 0 spiro atoms. The van der Waals surface area contributed by atoms with Crippen LogP contribution in [0.25, 0.3) is 0 Å². The summed E-state index contributed by atoms with van der Waals surface area (Å²) in [7, 11) is 0. The van der Waals surface area contributed by atoms with Crippen molar-refractivity contribution in [1.82, 2.24) is 14.8 Å². The lowest BCUT2D eigenvalue weighted by molar-refractivity contribution is 0.0821. The second-order valence-corrected chi connectivity index (χ2v) is 8.10. The fourth-order valence-corrected chi connectivity index (χ4v) is 4.50. The summed E-state index contributed by atoms with van der Waals surface area (Å²) >= 11 is 7.96. The molecule has 7 heteroatoms. The number of benzene rings is 2. The minimum Gasteiger partial charge on any atom is -0.485 e. The number of hydrogen-bond acceptors (Lipinski definition) is 5. The van der Waals surface area contributed by atoms with Gasteiger partial charge in [-0.1, -0.05) is 59.8 Å². The average molecular weight is 414 g/mol. The second-order valence-electron chi connectivity index (χ2n) is 6.39. The van der Waals surface area contributed by atoms with Crippen LogP contribution in [0.4, 0.5) is 0 Å². The zero-order chi connectivity index (χ0) is 19.5. The lowest BCUT2D eigenvalue weighted by atomic mass is 10.2. The molecule has 1 aromatic heterocycles. The molecule has 1 aliphatic heterocycles. The Morgan fingerprint density at radius 1 is 1.21 bits per heavy atom. The van der Waals surface area contributed by atoms with E-state index in [0.717, 1.165) is 27.3 Å². The van der Waals surface area contributed by atoms with Crippen molar-refractivity contribution in [2.45, 2.75) is 30.0 Å². The summed E-state index contributed by atoms with van der Waals surface area (Å²) in [6.07, 6.45) is 1.50. The van der Waals surface area contributed by atoms with E-state index in [4.69, 9.17) is 21.1 Å². The van der Waals surface area contributed by atoms with Crippen LogP contribution in [0.2, 0.25) is 5.02 Å². The number of halogens is 1. The summed E-state index contributed by atoms with van der Waals surface area (Å²) in [6, 6.07) is 15.5. The highest BCUT2D eigenvalue weighted by atomic mass is 35.5. The molecule has 0 radical (unpaired) electrons. The Hall–Kier alpha value is -2.44. The molecule has 1 aliphatic rings. The van der Waals surface area contributed by atoms with Gasteiger partial charge in [-0.2, -0.15) is 0 Å². The molecule has 2 aromatic carbocycles. The van der Waals surface area contributed by atoms with Gasteiger partial charge in [0.25, 0.3) is 0 Å². The maximum Gasteiger partial charge on any atom is 0.192 e. The molecule has 144 valence electrons. The van der Waals surface area contributed by atoms with Crippen molar-refractivity contribution in [1.29, 1.82) is 0 Å². The quantitative estimate of drug-likeness (QED) is 0.395. The van der Waals surface area contributed by atoms with E-state index >= 15 is 0 Å². The number of rotatable bonds is 6. The van der Waals surface area contributed by atoms with Crippen molar-refractivity contribution in [3.8, 4) is 11.5 Å². The van der Waals surface area contributed by atoms with Gasteiger partial charge >= 0.3 is 0 Å². The first-order valence-corrected chi connectivity index (χ1v) is 10.3. The Balaban J connectivity index is 1.60. The minimum atomic E-state index is -0.327. The summed E-state index contributed by atoms with van der Waals surface area (Å²) in [5.74, 6) is 2.18. The Bertz CT molecular complexity index is 991. The highest BCUT2D eigenvalue weighted by molar-refractivity contribution is 7.99. The molecule has 0 amide bonds. The Morgan fingerprint density at radius 2 is 1.96 bits per heavy atom. The van der Waals surface area contributed by atoms with E-state index < -0.39 is 0 Å². The van der Waals surface area contributed by atoms with Crippen LogP contribution in [0.1, 0.15) is 29.7 Å². The van der Waals surface area contributed by atoms with Crippen LogP contribution >= 0.6 is 23.4 Å². The summed E-state index contributed by atoms with van der Waals surface area (Å²) in [5, 5.41) is 10.5. The number of allylic oxidation sites excluding steroid dienone is 1. The van der Waals surface area contributed by atoms with Crippen molar-refractivity contribution >= 4 is 23.4 Å². The Labute approximate surface area is 173 Å². The van der Waals surface area contributed by atoms with E-state index in [9.17, 15) is 0 Å². The predicted octanol–water partition coefficient (Wildman–Crippen LogP) is 5.48. The first-order chi connectivity index (χ1) is 13.7. The number of para-hydroxylation sites is 2. The van der Waals surface area contributed by atoms with Crippen molar-refractivity contribution < 1.29 is 9.47 Å². The summed E-state index contributed by atoms with van der Waals surface area (Å²) in [5.41, 5.74) is 1.06. The maximum atomic E-state index is 6.35. The highest BCUT2D eigenvalue weighted by Crippen LogP contribution is 2.39. The molecule has 0 N–H and O–H groups in total. The van der Waals surface area contributed by atoms with Crippen molar-refractivity contribution in [2.75, 3.05) is 6.61 Å². The average Bonchev–Trinajstić information content (AvgIpc) is 3.10.